The van der Waals surface area contributed by atoms with Gasteiger partial charge in [0.15, 0.2) is 5.82 Å². The van der Waals surface area contributed by atoms with Crippen molar-refractivity contribution in [2.75, 3.05) is 13.7 Å². The first kappa shape index (κ1) is 17.7. The maximum Gasteiger partial charge on any atom is 0.252 e. The van der Waals surface area contributed by atoms with Crippen molar-refractivity contribution < 1.29 is 14.1 Å². The molecule has 1 fully saturated rings. The molecule has 1 saturated heterocycles. The summed E-state index contributed by atoms with van der Waals surface area (Å²) in [5.41, 5.74) is 0.958. The van der Waals surface area contributed by atoms with E-state index in [1.807, 2.05) is 29.2 Å². The highest BCUT2D eigenvalue weighted by Crippen LogP contribution is 2.29. The smallest absolute Gasteiger partial charge is 0.252 e. The minimum atomic E-state index is -0.170. The number of benzene rings is 1. The molecule has 0 bridgehead atoms. The lowest BCUT2D eigenvalue weighted by Gasteiger charge is -2.28. The van der Waals surface area contributed by atoms with Crippen molar-refractivity contribution in [3.8, 4) is 0 Å². The number of carbonyl (C=O) groups excluding carboxylic acids is 1. The molecule has 3 aromatic rings. The fraction of sp³-hybridized carbons (Fsp3) is 0.474. The summed E-state index contributed by atoms with van der Waals surface area (Å²) in [7, 11) is 1.58. The van der Waals surface area contributed by atoms with Gasteiger partial charge in [-0.25, -0.2) is 0 Å². The summed E-state index contributed by atoms with van der Waals surface area (Å²) >= 11 is 0. The normalized spacial score (nSPS) is 18.0. The number of hydrogen-bond donors (Lipinski definition) is 0. The first-order chi connectivity index (χ1) is 13.3. The molecular formula is C19H23N5O3. The number of aromatic nitrogens is 4. The fourth-order valence-corrected chi connectivity index (χ4v) is 3.63. The van der Waals surface area contributed by atoms with Crippen molar-refractivity contribution >= 4 is 16.8 Å². The Kier molecular flexibility index (Phi) is 5.15. The minimum absolute atomic E-state index is 0.0221. The lowest BCUT2D eigenvalue weighted by Crippen LogP contribution is -2.37. The summed E-state index contributed by atoms with van der Waals surface area (Å²) in [6.07, 6.45) is 5.72. The molecule has 0 aliphatic carbocycles. The Morgan fingerprint density at radius 2 is 2.19 bits per heavy atom. The summed E-state index contributed by atoms with van der Waals surface area (Å²) in [4.78, 5) is 19.4. The number of likely N-dealkylation sites (tertiary alicyclic amines) is 1. The zero-order valence-corrected chi connectivity index (χ0v) is 15.4. The zero-order chi connectivity index (χ0) is 18.6. The van der Waals surface area contributed by atoms with E-state index < -0.39 is 0 Å². The monoisotopic (exact) mass is 369 g/mol. The molecule has 1 atom stereocenters. The van der Waals surface area contributed by atoms with Crippen molar-refractivity contribution in [3.05, 3.63) is 42.2 Å². The molecule has 142 valence electrons. The van der Waals surface area contributed by atoms with E-state index >= 15 is 0 Å². The van der Waals surface area contributed by atoms with Crippen LogP contribution in [0.3, 0.4) is 0 Å². The number of ether oxygens (including phenoxy) is 1. The molecule has 3 heterocycles. The Morgan fingerprint density at radius 1 is 1.30 bits per heavy atom. The van der Waals surface area contributed by atoms with E-state index in [9.17, 15) is 4.79 Å². The largest absolute Gasteiger partial charge is 0.375 e. The standard InChI is InChI=1S/C19H23N5O3/c1-26-13-17-21-19(22-27-17)16-9-3-2-6-10-23(16)18(25)12-24-15-8-5-4-7-14(15)11-20-24/h4-5,7-8,11,16H,2-3,6,9-10,12-13H2,1H3/t16-/m0/s1. The average molecular weight is 369 g/mol. The summed E-state index contributed by atoms with van der Waals surface area (Å²) < 4.78 is 12.1. The number of para-hydroxylation sites is 1. The van der Waals surface area contributed by atoms with Gasteiger partial charge in [-0.3, -0.25) is 9.48 Å². The molecule has 0 N–H and O–H groups in total. The molecule has 0 spiro atoms. The van der Waals surface area contributed by atoms with Gasteiger partial charge in [0.2, 0.25) is 5.91 Å². The third-order valence-electron chi connectivity index (χ3n) is 4.96. The van der Waals surface area contributed by atoms with Gasteiger partial charge in [-0.15, -0.1) is 0 Å². The quantitative estimate of drug-likeness (QED) is 0.687. The Balaban J connectivity index is 1.57. The SMILES string of the molecule is COCc1nc([C@@H]2CCCCCN2C(=O)Cn2ncc3ccccc32)no1. The van der Waals surface area contributed by atoms with Gasteiger partial charge in [0.05, 0.1) is 17.8 Å². The van der Waals surface area contributed by atoms with Crippen LogP contribution < -0.4 is 0 Å². The topological polar surface area (TPSA) is 86.3 Å². The lowest BCUT2D eigenvalue weighted by molar-refractivity contribution is -0.134. The third-order valence-corrected chi connectivity index (χ3v) is 4.96. The van der Waals surface area contributed by atoms with Crippen LogP contribution in [-0.2, 0) is 22.7 Å². The van der Waals surface area contributed by atoms with E-state index in [1.165, 1.54) is 0 Å². The number of carbonyl (C=O) groups is 1. The number of hydrogen-bond acceptors (Lipinski definition) is 6. The average Bonchev–Trinajstić information content (AvgIpc) is 3.22. The van der Waals surface area contributed by atoms with Crippen molar-refractivity contribution in [1.29, 1.82) is 0 Å². The number of rotatable bonds is 5. The summed E-state index contributed by atoms with van der Waals surface area (Å²) in [5, 5.41) is 9.51. The van der Waals surface area contributed by atoms with Crippen LogP contribution in [0.15, 0.2) is 35.0 Å². The first-order valence-electron chi connectivity index (χ1n) is 9.27. The first-order valence-corrected chi connectivity index (χ1v) is 9.27. The molecule has 27 heavy (non-hydrogen) atoms. The van der Waals surface area contributed by atoms with Gasteiger partial charge in [0.1, 0.15) is 13.2 Å². The molecule has 0 radical (unpaired) electrons. The second-order valence-electron chi connectivity index (χ2n) is 6.79. The van der Waals surface area contributed by atoms with E-state index in [2.05, 4.69) is 15.2 Å². The van der Waals surface area contributed by atoms with E-state index in [1.54, 1.807) is 18.0 Å². The Hall–Kier alpha value is -2.74. The molecule has 8 nitrogen and oxygen atoms in total. The maximum atomic E-state index is 13.1. The van der Waals surface area contributed by atoms with E-state index in [0.29, 0.717) is 18.3 Å². The summed E-state index contributed by atoms with van der Waals surface area (Å²) in [6, 6.07) is 7.72. The Morgan fingerprint density at radius 3 is 3.07 bits per heavy atom. The van der Waals surface area contributed by atoms with Crippen LogP contribution in [0.2, 0.25) is 0 Å². The van der Waals surface area contributed by atoms with Gasteiger partial charge in [-0.05, 0) is 18.9 Å². The van der Waals surface area contributed by atoms with Crippen LogP contribution in [-0.4, -0.2) is 44.4 Å². The molecular weight excluding hydrogens is 346 g/mol. The number of methoxy groups -OCH3 is 1. The lowest BCUT2D eigenvalue weighted by atomic mass is 10.1. The van der Waals surface area contributed by atoms with Crippen molar-refractivity contribution in [3.63, 3.8) is 0 Å². The summed E-state index contributed by atoms with van der Waals surface area (Å²) in [6.45, 7) is 1.16. The van der Waals surface area contributed by atoms with Gasteiger partial charge in [0.25, 0.3) is 5.89 Å². The molecule has 4 rings (SSSR count). The highest BCUT2D eigenvalue weighted by Gasteiger charge is 2.30. The highest BCUT2D eigenvalue weighted by molar-refractivity contribution is 5.82. The van der Waals surface area contributed by atoms with Crippen LogP contribution in [0.4, 0.5) is 0 Å². The van der Waals surface area contributed by atoms with Crippen LogP contribution in [0.25, 0.3) is 10.9 Å². The predicted molar refractivity (Wildman–Crippen MR) is 97.7 cm³/mol. The molecule has 1 aromatic carbocycles. The van der Waals surface area contributed by atoms with Gasteiger partial charge >= 0.3 is 0 Å². The van der Waals surface area contributed by atoms with Crippen molar-refractivity contribution in [1.82, 2.24) is 24.8 Å². The fourth-order valence-electron chi connectivity index (χ4n) is 3.63. The Bertz CT molecular complexity index is 919. The van der Waals surface area contributed by atoms with Gasteiger partial charge in [-0.1, -0.05) is 36.2 Å². The molecule has 0 saturated carbocycles. The van der Waals surface area contributed by atoms with Crippen LogP contribution in [0, 0.1) is 0 Å². The van der Waals surface area contributed by atoms with Gasteiger partial charge in [0, 0.05) is 19.0 Å². The van der Waals surface area contributed by atoms with Crippen molar-refractivity contribution in [2.24, 2.45) is 0 Å². The molecule has 0 unspecified atom stereocenters. The predicted octanol–water partition coefficient (Wildman–Crippen LogP) is 2.71. The molecule has 1 aliphatic rings. The van der Waals surface area contributed by atoms with Crippen molar-refractivity contribution in [2.45, 2.75) is 44.9 Å². The zero-order valence-electron chi connectivity index (χ0n) is 15.4. The van der Waals surface area contributed by atoms with Crippen LogP contribution >= 0.6 is 0 Å². The minimum Gasteiger partial charge on any atom is -0.375 e. The Labute approximate surface area is 157 Å². The van der Waals surface area contributed by atoms with E-state index in [-0.39, 0.29) is 25.1 Å². The summed E-state index contributed by atoms with van der Waals surface area (Å²) in [5.74, 6) is 1.01. The molecule has 1 amide bonds. The molecule has 1 aliphatic heterocycles. The van der Waals surface area contributed by atoms with E-state index in [0.717, 1.165) is 36.6 Å². The third kappa shape index (κ3) is 3.71. The maximum absolute atomic E-state index is 13.1. The number of fused-ring (bicyclic) bond motifs is 1. The van der Waals surface area contributed by atoms with E-state index in [4.69, 9.17) is 9.26 Å². The highest BCUT2D eigenvalue weighted by atomic mass is 16.5. The van der Waals surface area contributed by atoms with Gasteiger partial charge in [-0.2, -0.15) is 10.1 Å². The second-order valence-corrected chi connectivity index (χ2v) is 6.79. The van der Waals surface area contributed by atoms with Crippen LogP contribution in [0.1, 0.15) is 43.4 Å². The number of nitrogens with zero attached hydrogens (tertiary/aromatic N) is 5. The molecule has 2 aromatic heterocycles. The number of amides is 1. The van der Waals surface area contributed by atoms with Gasteiger partial charge < -0.3 is 14.2 Å². The van der Waals surface area contributed by atoms with Crippen LogP contribution in [0.5, 0.6) is 0 Å². The molecule has 8 heteroatoms. The second kappa shape index (κ2) is 7.87.